The highest BCUT2D eigenvalue weighted by Crippen LogP contribution is 2.52. The molecule has 5 atom stereocenters. The van der Waals surface area contributed by atoms with E-state index in [4.69, 9.17) is 11.6 Å². The highest BCUT2D eigenvalue weighted by molar-refractivity contribution is 6.30. The number of nitrogens with one attached hydrogen (secondary N) is 2. The van der Waals surface area contributed by atoms with Crippen LogP contribution < -0.4 is 10.6 Å². The number of benzene rings is 1. The van der Waals surface area contributed by atoms with E-state index >= 15 is 0 Å². The van der Waals surface area contributed by atoms with Gasteiger partial charge in [-0.05, 0) is 56.1 Å². The lowest BCUT2D eigenvalue weighted by Gasteiger charge is -2.36. The Morgan fingerprint density at radius 1 is 1.19 bits per heavy atom. The average molecular weight is 463 g/mol. The molecule has 2 fully saturated rings. The second-order valence-corrected chi connectivity index (χ2v) is 9.50. The van der Waals surface area contributed by atoms with Crippen LogP contribution in [0.3, 0.4) is 0 Å². The fourth-order valence-electron chi connectivity index (χ4n) is 5.10. The predicted molar refractivity (Wildman–Crippen MR) is 109 cm³/mol. The molecule has 2 aliphatic rings. The number of hydrogen-bond donors (Lipinski definition) is 2. The van der Waals surface area contributed by atoms with Crippen molar-refractivity contribution >= 4 is 23.4 Å². The number of halogens is 5. The fraction of sp³-hybridized carbons (Fsp3) is 0.636. The van der Waals surface area contributed by atoms with Gasteiger partial charge in [0.1, 0.15) is 11.6 Å². The van der Waals surface area contributed by atoms with E-state index < -0.39 is 52.8 Å². The lowest BCUT2D eigenvalue weighted by molar-refractivity contribution is -0.127. The molecule has 0 radical (unpaired) electrons. The van der Waals surface area contributed by atoms with Gasteiger partial charge in [-0.15, -0.1) is 0 Å². The summed E-state index contributed by atoms with van der Waals surface area (Å²) in [5.74, 6) is -3.81. The zero-order valence-electron chi connectivity index (χ0n) is 17.5. The average Bonchev–Trinajstić information content (AvgIpc) is 3.31. The third kappa shape index (κ3) is 5.16. The van der Waals surface area contributed by atoms with Crippen LogP contribution in [0, 0.1) is 28.9 Å². The standard InChI is InChI=1S/C22H27ClF4N2O2/c1-11(30)28-14-4-3-12(9-14)21(31)29-19(17-16(24)6-5-15(23)18(17)25)22(2)8-7-13(10-22)20(26)27/h5-6,12-14,19-20H,3-4,7-10H2,1-2H3,(H,28,30)(H,29,31). The monoisotopic (exact) mass is 462 g/mol. The van der Waals surface area contributed by atoms with E-state index in [2.05, 4.69) is 10.6 Å². The van der Waals surface area contributed by atoms with Crippen LogP contribution in [0.5, 0.6) is 0 Å². The SMILES string of the molecule is CC(=O)NC1CCC(C(=O)NC(c2c(F)ccc(Cl)c2F)C2(C)CCC(C(F)F)C2)C1. The predicted octanol–water partition coefficient (Wildman–Crippen LogP) is 5.15. The summed E-state index contributed by atoms with van der Waals surface area (Å²) in [7, 11) is 0. The van der Waals surface area contributed by atoms with Crippen LogP contribution in [0.1, 0.15) is 64.0 Å². The molecule has 3 rings (SSSR count). The van der Waals surface area contributed by atoms with Gasteiger partial charge in [0.15, 0.2) is 0 Å². The molecular formula is C22H27ClF4N2O2. The minimum Gasteiger partial charge on any atom is -0.354 e. The van der Waals surface area contributed by atoms with Crippen LogP contribution in [0.2, 0.25) is 5.02 Å². The third-order valence-corrected chi connectivity index (χ3v) is 7.03. The molecule has 5 unspecified atom stereocenters. The lowest BCUT2D eigenvalue weighted by atomic mass is 9.76. The first kappa shape index (κ1) is 23.8. The maximum Gasteiger partial charge on any atom is 0.241 e. The molecule has 2 aliphatic carbocycles. The Bertz CT molecular complexity index is 853. The molecule has 0 aromatic heterocycles. The van der Waals surface area contributed by atoms with Crippen LogP contribution in [0.25, 0.3) is 0 Å². The van der Waals surface area contributed by atoms with Crippen LogP contribution in [0.15, 0.2) is 12.1 Å². The van der Waals surface area contributed by atoms with Crippen molar-refractivity contribution in [3.05, 3.63) is 34.4 Å². The molecule has 2 amide bonds. The second kappa shape index (κ2) is 9.35. The van der Waals surface area contributed by atoms with Gasteiger partial charge in [0.25, 0.3) is 0 Å². The smallest absolute Gasteiger partial charge is 0.241 e. The molecule has 31 heavy (non-hydrogen) atoms. The van der Waals surface area contributed by atoms with Crippen molar-refractivity contribution in [2.75, 3.05) is 0 Å². The van der Waals surface area contributed by atoms with E-state index in [0.717, 1.165) is 12.1 Å². The van der Waals surface area contributed by atoms with Crippen molar-refractivity contribution < 1.29 is 27.2 Å². The van der Waals surface area contributed by atoms with Crippen molar-refractivity contribution in [2.24, 2.45) is 17.3 Å². The summed E-state index contributed by atoms with van der Waals surface area (Å²) in [6.45, 7) is 3.07. The lowest BCUT2D eigenvalue weighted by Crippen LogP contribution is -2.42. The Labute approximate surface area is 184 Å². The third-order valence-electron chi connectivity index (χ3n) is 6.73. The Kier molecular flexibility index (Phi) is 7.18. The number of alkyl halides is 2. The summed E-state index contributed by atoms with van der Waals surface area (Å²) in [4.78, 5) is 24.3. The Morgan fingerprint density at radius 3 is 2.52 bits per heavy atom. The molecule has 1 aromatic rings. The molecule has 4 nitrogen and oxygen atoms in total. The first-order valence-corrected chi connectivity index (χ1v) is 10.9. The first-order valence-electron chi connectivity index (χ1n) is 10.5. The maximum atomic E-state index is 14.9. The van der Waals surface area contributed by atoms with Crippen molar-refractivity contribution in [3.63, 3.8) is 0 Å². The van der Waals surface area contributed by atoms with E-state index in [1.807, 2.05) is 0 Å². The quantitative estimate of drug-likeness (QED) is 0.453. The van der Waals surface area contributed by atoms with Crippen molar-refractivity contribution in [2.45, 2.75) is 70.9 Å². The van der Waals surface area contributed by atoms with Gasteiger partial charge in [-0.2, -0.15) is 0 Å². The molecule has 9 heteroatoms. The van der Waals surface area contributed by atoms with Gasteiger partial charge in [0.2, 0.25) is 18.2 Å². The molecule has 172 valence electrons. The van der Waals surface area contributed by atoms with Crippen molar-refractivity contribution in [1.82, 2.24) is 10.6 Å². The summed E-state index contributed by atoms with van der Waals surface area (Å²) in [6.07, 6.45) is -0.473. The van der Waals surface area contributed by atoms with Gasteiger partial charge >= 0.3 is 0 Å². The summed E-state index contributed by atoms with van der Waals surface area (Å²) in [5, 5.41) is 5.25. The van der Waals surface area contributed by atoms with Gasteiger partial charge in [-0.25, -0.2) is 17.6 Å². The Balaban J connectivity index is 1.88. The van der Waals surface area contributed by atoms with Gasteiger partial charge in [-0.1, -0.05) is 18.5 Å². The van der Waals surface area contributed by atoms with E-state index in [1.165, 1.54) is 6.92 Å². The molecule has 0 bridgehead atoms. The topological polar surface area (TPSA) is 58.2 Å². The summed E-state index contributed by atoms with van der Waals surface area (Å²) in [5.41, 5.74) is -1.35. The Morgan fingerprint density at radius 2 is 1.90 bits per heavy atom. The van der Waals surface area contributed by atoms with Crippen LogP contribution in [-0.2, 0) is 9.59 Å². The number of rotatable bonds is 6. The van der Waals surface area contributed by atoms with Gasteiger partial charge < -0.3 is 10.6 Å². The Hall–Kier alpha value is -1.83. The minimum atomic E-state index is -2.54. The molecule has 0 saturated heterocycles. The van der Waals surface area contributed by atoms with E-state index in [1.54, 1.807) is 6.92 Å². The normalized spacial score (nSPS) is 29.2. The molecule has 0 spiro atoms. The molecule has 0 heterocycles. The summed E-state index contributed by atoms with van der Waals surface area (Å²) in [6, 6.07) is 0.826. The van der Waals surface area contributed by atoms with Crippen molar-refractivity contribution in [1.29, 1.82) is 0 Å². The molecule has 0 aliphatic heterocycles. The zero-order chi connectivity index (χ0) is 22.9. The molecule has 2 N–H and O–H groups in total. The molecule has 2 saturated carbocycles. The highest BCUT2D eigenvalue weighted by Gasteiger charge is 2.47. The maximum absolute atomic E-state index is 14.9. The first-order chi connectivity index (χ1) is 14.5. The van der Waals surface area contributed by atoms with Crippen LogP contribution in [-0.4, -0.2) is 24.3 Å². The van der Waals surface area contributed by atoms with Crippen LogP contribution in [0.4, 0.5) is 17.6 Å². The number of carbonyl (C=O) groups is 2. The zero-order valence-corrected chi connectivity index (χ0v) is 18.2. The minimum absolute atomic E-state index is 0.0280. The largest absolute Gasteiger partial charge is 0.354 e. The fourth-order valence-corrected chi connectivity index (χ4v) is 5.26. The van der Waals surface area contributed by atoms with E-state index in [0.29, 0.717) is 19.3 Å². The number of hydrogen-bond acceptors (Lipinski definition) is 2. The highest BCUT2D eigenvalue weighted by atomic mass is 35.5. The molecular weight excluding hydrogens is 436 g/mol. The number of amides is 2. The summed E-state index contributed by atoms with van der Waals surface area (Å²) >= 11 is 5.88. The van der Waals surface area contributed by atoms with Gasteiger partial charge in [0.05, 0.1) is 11.1 Å². The second-order valence-electron chi connectivity index (χ2n) is 9.10. The summed E-state index contributed by atoms with van der Waals surface area (Å²) < 4.78 is 56.3. The van der Waals surface area contributed by atoms with Gasteiger partial charge in [0, 0.05) is 30.4 Å². The van der Waals surface area contributed by atoms with E-state index in [-0.39, 0.29) is 36.2 Å². The van der Waals surface area contributed by atoms with E-state index in [9.17, 15) is 27.2 Å². The molecule has 1 aromatic carbocycles. The van der Waals surface area contributed by atoms with Gasteiger partial charge in [-0.3, -0.25) is 9.59 Å². The van der Waals surface area contributed by atoms with Crippen molar-refractivity contribution in [3.8, 4) is 0 Å². The number of carbonyl (C=O) groups excluding carboxylic acids is 2. The van der Waals surface area contributed by atoms with Crippen LogP contribution >= 0.6 is 11.6 Å².